The summed E-state index contributed by atoms with van der Waals surface area (Å²) in [4.78, 5) is 16.5. The fraction of sp³-hybridized carbons (Fsp3) is 0.176. The van der Waals surface area contributed by atoms with Crippen LogP contribution in [0.2, 0.25) is 0 Å². The summed E-state index contributed by atoms with van der Waals surface area (Å²) in [6.07, 6.45) is 0. The molecule has 0 N–H and O–H groups in total. The van der Waals surface area contributed by atoms with Crippen molar-refractivity contribution in [2.24, 2.45) is 0 Å². The first-order valence-electron chi connectivity index (χ1n) is 6.57. The highest BCUT2D eigenvalue weighted by molar-refractivity contribution is 6.07. The average Bonchev–Trinajstić information content (AvgIpc) is 2.52. The van der Waals surface area contributed by atoms with Crippen LogP contribution in [0.1, 0.15) is 18.5 Å². The van der Waals surface area contributed by atoms with Gasteiger partial charge in [0.25, 0.3) is 0 Å². The van der Waals surface area contributed by atoms with Crippen molar-refractivity contribution in [2.75, 3.05) is 7.11 Å². The predicted molar refractivity (Wildman–Crippen MR) is 79.7 cm³/mol. The third kappa shape index (κ3) is 1.92. The molecule has 0 aliphatic rings. The van der Waals surface area contributed by atoms with Crippen LogP contribution in [0, 0.1) is 0 Å². The zero-order valence-corrected chi connectivity index (χ0v) is 11.5. The molecule has 0 spiro atoms. The molecule has 0 saturated carbocycles. The standard InChI is InChI=1S/C17H15NO2/c1-11(17(19)20-2)16-14-9-4-3-7-12(14)13-8-5-6-10-15(13)18-16/h3-11H,1-2H3. The molecule has 0 radical (unpaired) electrons. The van der Waals surface area contributed by atoms with E-state index in [1.54, 1.807) is 0 Å². The summed E-state index contributed by atoms with van der Waals surface area (Å²) >= 11 is 0. The Balaban J connectivity index is 2.37. The summed E-state index contributed by atoms with van der Waals surface area (Å²) in [5, 5.41) is 3.22. The molecule has 0 bridgehead atoms. The molecule has 3 heteroatoms. The van der Waals surface area contributed by atoms with E-state index in [9.17, 15) is 4.79 Å². The molecule has 100 valence electrons. The number of carbonyl (C=O) groups excluding carboxylic acids is 1. The van der Waals surface area contributed by atoms with E-state index in [0.717, 1.165) is 27.4 Å². The lowest BCUT2D eigenvalue weighted by Gasteiger charge is -2.13. The number of esters is 1. The molecule has 0 fully saturated rings. The molecule has 0 aliphatic carbocycles. The Kier molecular flexibility index (Phi) is 3.11. The predicted octanol–water partition coefficient (Wildman–Crippen LogP) is 3.66. The van der Waals surface area contributed by atoms with E-state index in [0.29, 0.717) is 0 Å². The summed E-state index contributed by atoms with van der Waals surface area (Å²) < 4.78 is 4.85. The lowest BCUT2D eigenvalue weighted by Crippen LogP contribution is -2.12. The number of methoxy groups -OCH3 is 1. The van der Waals surface area contributed by atoms with Crippen LogP contribution in [0.4, 0.5) is 0 Å². The van der Waals surface area contributed by atoms with Gasteiger partial charge in [-0.25, -0.2) is 0 Å². The number of nitrogens with zero attached hydrogens (tertiary/aromatic N) is 1. The van der Waals surface area contributed by atoms with Crippen LogP contribution in [0.25, 0.3) is 21.7 Å². The number of carbonyl (C=O) groups is 1. The van der Waals surface area contributed by atoms with Crippen LogP contribution in [0.3, 0.4) is 0 Å². The minimum Gasteiger partial charge on any atom is -0.469 e. The highest BCUT2D eigenvalue weighted by atomic mass is 16.5. The molecule has 3 nitrogen and oxygen atoms in total. The first-order chi connectivity index (χ1) is 9.72. The Hall–Kier alpha value is -2.42. The highest BCUT2D eigenvalue weighted by Crippen LogP contribution is 2.30. The number of pyridine rings is 1. The first kappa shape index (κ1) is 12.6. The second-order valence-corrected chi connectivity index (χ2v) is 4.80. The number of fused-ring (bicyclic) bond motifs is 3. The van der Waals surface area contributed by atoms with E-state index in [1.165, 1.54) is 7.11 Å². The normalized spacial score (nSPS) is 12.5. The van der Waals surface area contributed by atoms with E-state index in [-0.39, 0.29) is 11.9 Å². The fourth-order valence-electron chi connectivity index (χ4n) is 2.55. The lowest BCUT2D eigenvalue weighted by atomic mass is 9.97. The smallest absolute Gasteiger partial charge is 0.314 e. The molecule has 0 aliphatic heterocycles. The molecular formula is C17H15NO2. The Morgan fingerprint density at radius 3 is 2.30 bits per heavy atom. The van der Waals surface area contributed by atoms with E-state index in [4.69, 9.17) is 4.74 Å². The molecule has 1 heterocycles. The van der Waals surface area contributed by atoms with Gasteiger partial charge in [0.1, 0.15) is 0 Å². The van der Waals surface area contributed by atoms with E-state index < -0.39 is 0 Å². The second kappa shape index (κ2) is 4.93. The van der Waals surface area contributed by atoms with Crippen molar-refractivity contribution in [1.82, 2.24) is 4.98 Å². The van der Waals surface area contributed by atoms with Crippen LogP contribution in [-0.2, 0) is 9.53 Å². The van der Waals surface area contributed by atoms with Crippen LogP contribution in [0.15, 0.2) is 48.5 Å². The summed E-state index contributed by atoms with van der Waals surface area (Å²) in [6, 6.07) is 16.0. The summed E-state index contributed by atoms with van der Waals surface area (Å²) in [6.45, 7) is 1.83. The van der Waals surface area contributed by atoms with Gasteiger partial charge in [0.05, 0.1) is 24.2 Å². The summed E-state index contributed by atoms with van der Waals surface area (Å²) in [5.41, 5.74) is 1.67. The molecule has 0 saturated heterocycles. The second-order valence-electron chi connectivity index (χ2n) is 4.80. The number of hydrogen-bond donors (Lipinski definition) is 0. The summed E-state index contributed by atoms with van der Waals surface area (Å²) in [5.74, 6) is -0.646. The van der Waals surface area contributed by atoms with E-state index >= 15 is 0 Å². The number of benzene rings is 2. The zero-order chi connectivity index (χ0) is 14.1. The van der Waals surface area contributed by atoms with Gasteiger partial charge in [-0.05, 0) is 18.4 Å². The number of aromatic nitrogens is 1. The molecule has 3 rings (SSSR count). The maximum Gasteiger partial charge on any atom is 0.314 e. The minimum atomic E-state index is -0.380. The van der Waals surface area contributed by atoms with Crippen molar-refractivity contribution in [2.45, 2.75) is 12.8 Å². The topological polar surface area (TPSA) is 39.2 Å². The highest BCUT2D eigenvalue weighted by Gasteiger charge is 2.20. The van der Waals surface area contributed by atoms with Crippen molar-refractivity contribution in [3.05, 3.63) is 54.2 Å². The Morgan fingerprint density at radius 2 is 1.60 bits per heavy atom. The third-order valence-electron chi connectivity index (χ3n) is 3.60. The average molecular weight is 265 g/mol. The van der Waals surface area contributed by atoms with Gasteiger partial charge in [0.2, 0.25) is 0 Å². The van der Waals surface area contributed by atoms with Crippen LogP contribution in [0.5, 0.6) is 0 Å². The van der Waals surface area contributed by atoms with Gasteiger partial charge >= 0.3 is 5.97 Å². The van der Waals surface area contributed by atoms with Gasteiger partial charge in [-0.1, -0.05) is 42.5 Å². The molecule has 1 unspecified atom stereocenters. The molecule has 1 atom stereocenters. The number of hydrogen-bond acceptors (Lipinski definition) is 3. The Bertz CT molecular complexity index is 795. The van der Waals surface area contributed by atoms with Crippen molar-refractivity contribution < 1.29 is 9.53 Å². The van der Waals surface area contributed by atoms with Crippen LogP contribution in [-0.4, -0.2) is 18.1 Å². The van der Waals surface area contributed by atoms with Gasteiger partial charge in [0, 0.05) is 10.8 Å². The first-order valence-corrected chi connectivity index (χ1v) is 6.57. The fourth-order valence-corrected chi connectivity index (χ4v) is 2.55. The quantitative estimate of drug-likeness (QED) is 0.524. The molecule has 1 aromatic heterocycles. The molecule has 3 aromatic rings. The van der Waals surface area contributed by atoms with Gasteiger partial charge in [0.15, 0.2) is 0 Å². The van der Waals surface area contributed by atoms with Gasteiger partial charge in [-0.3, -0.25) is 9.78 Å². The van der Waals surface area contributed by atoms with Gasteiger partial charge in [-0.2, -0.15) is 0 Å². The maximum atomic E-state index is 11.8. The van der Waals surface area contributed by atoms with Gasteiger partial charge < -0.3 is 4.74 Å². The molecule has 20 heavy (non-hydrogen) atoms. The van der Waals surface area contributed by atoms with Crippen molar-refractivity contribution in [3.63, 3.8) is 0 Å². The van der Waals surface area contributed by atoms with Crippen LogP contribution >= 0.6 is 0 Å². The summed E-state index contributed by atoms with van der Waals surface area (Å²) in [7, 11) is 1.40. The monoisotopic (exact) mass is 265 g/mol. The van der Waals surface area contributed by atoms with E-state index in [1.807, 2.05) is 43.3 Å². The van der Waals surface area contributed by atoms with Crippen molar-refractivity contribution in [3.8, 4) is 0 Å². The molecule has 0 amide bonds. The van der Waals surface area contributed by atoms with E-state index in [2.05, 4.69) is 17.1 Å². The Morgan fingerprint density at radius 1 is 1.00 bits per heavy atom. The third-order valence-corrected chi connectivity index (χ3v) is 3.60. The Labute approximate surface area is 117 Å². The number of para-hydroxylation sites is 1. The molecule has 2 aromatic carbocycles. The van der Waals surface area contributed by atoms with Gasteiger partial charge in [-0.15, -0.1) is 0 Å². The minimum absolute atomic E-state index is 0.266. The van der Waals surface area contributed by atoms with Crippen molar-refractivity contribution >= 4 is 27.6 Å². The lowest BCUT2D eigenvalue weighted by molar-refractivity contribution is -0.142. The zero-order valence-electron chi connectivity index (χ0n) is 11.5. The number of rotatable bonds is 2. The van der Waals surface area contributed by atoms with Crippen molar-refractivity contribution in [1.29, 1.82) is 0 Å². The molecular weight excluding hydrogens is 250 g/mol. The SMILES string of the molecule is COC(=O)C(C)c1nc2ccccc2c2ccccc12. The largest absolute Gasteiger partial charge is 0.469 e. The van der Waals surface area contributed by atoms with Crippen LogP contribution < -0.4 is 0 Å². The maximum absolute atomic E-state index is 11.8. The number of ether oxygens (including phenoxy) is 1.